The molecule has 0 aliphatic rings. The summed E-state index contributed by atoms with van der Waals surface area (Å²) < 4.78 is 2.28. The maximum Gasteiger partial charge on any atom is 0.181 e. The fraction of sp³-hybridized carbons (Fsp3) is 0.125. The van der Waals surface area contributed by atoms with Gasteiger partial charge in [-0.2, -0.15) is 0 Å². The lowest BCUT2D eigenvalue weighted by Crippen LogP contribution is -1.79. The van der Waals surface area contributed by atoms with Gasteiger partial charge in [-0.15, -0.1) is 0 Å². The van der Waals surface area contributed by atoms with E-state index in [0.29, 0.717) is 5.13 Å². The molecule has 0 fully saturated rings. The Morgan fingerprint density at radius 2 is 2.25 bits per heavy atom. The van der Waals surface area contributed by atoms with E-state index in [1.807, 2.05) is 12.1 Å². The molecule has 2 rings (SSSR count). The van der Waals surface area contributed by atoms with Gasteiger partial charge in [0.05, 0.1) is 10.2 Å². The molecule has 4 heteroatoms. The number of aryl methyl sites for hydroxylation is 1. The van der Waals surface area contributed by atoms with E-state index in [1.165, 1.54) is 21.6 Å². The first-order valence-corrected chi connectivity index (χ1v) is 5.10. The van der Waals surface area contributed by atoms with Crippen molar-refractivity contribution in [3.63, 3.8) is 0 Å². The molecule has 0 saturated heterocycles. The quantitative estimate of drug-likeness (QED) is 0.772. The zero-order valence-corrected chi connectivity index (χ0v) is 8.87. The summed E-state index contributed by atoms with van der Waals surface area (Å²) >= 11 is 4.99. The highest BCUT2D eigenvalue weighted by Gasteiger charge is 2.05. The molecule has 0 saturated carbocycles. The van der Waals surface area contributed by atoms with Crippen molar-refractivity contribution in [2.45, 2.75) is 6.92 Å². The van der Waals surface area contributed by atoms with Crippen LogP contribution in [0.15, 0.2) is 16.6 Å². The molecular formula is C8H7BrN2S. The van der Waals surface area contributed by atoms with Gasteiger partial charge >= 0.3 is 0 Å². The van der Waals surface area contributed by atoms with Crippen LogP contribution in [-0.2, 0) is 0 Å². The first-order chi connectivity index (χ1) is 5.68. The van der Waals surface area contributed by atoms with Gasteiger partial charge in [0.1, 0.15) is 0 Å². The normalized spacial score (nSPS) is 10.8. The number of anilines is 1. The molecule has 1 heterocycles. The smallest absolute Gasteiger partial charge is 0.181 e. The van der Waals surface area contributed by atoms with Crippen LogP contribution in [0.4, 0.5) is 5.13 Å². The minimum absolute atomic E-state index is 0.631. The van der Waals surface area contributed by atoms with Gasteiger partial charge in [0, 0.05) is 4.47 Å². The number of benzene rings is 1. The number of nitrogens with zero attached hydrogens (tertiary/aromatic N) is 1. The molecule has 0 atom stereocenters. The fourth-order valence-corrected chi connectivity index (χ4v) is 2.41. The monoisotopic (exact) mass is 242 g/mol. The molecule has 2 N–H and O–H groups in total. The largest absolute Gasteiger partial charge is 0.375 e. The predicted molar refractivity (Wildman–Crippen MR) is 56.5 cm³/mol. The average Bonchev–Trinajstić information content (AvgIpc) is 2.39. The number of aromatic nitrogens is 1. The average molecular weight is 243 g/mol. The van der Waals surface area contributed by atoms with Gasteiger partial charge in [0.2, 0.25) is 0 Å². The van der Waals surface area contributed by atoms with E-state index in [1.54, 1.807) is 0 Å². The molecule has 62 valence electrons. The Hall–Kier alpha value is -0.610. The first kappa shape index (κ1) is 8.01. The van der Waals surface area contributed by atoms with Crippen molar-refractivity contribution in [1.82, 2.24) is 4.98 Å². The van der Waals surface area contributed by atoms with Gasteiger partial charge in [-0.1, -0.05) is 27.3 Å². The number of nitrogen functional groups attached to an aromatic ring is 1. The van der Waals surface area contributed by atoms with Crippen LogP contribution < -0.4 is 5.73 Å². The Kier molecular flexibility index (Phi) is 1.81. The molecule has 0 bridgehead atoms. The van der Waals surface area contributed by atoms with Crippen molar-refractivity contribution in [2.24, 2.45) is 0 Å². The van der Waals surface area contributed by atoms with Gasteiger partial charge in [0.25, 0.3) is 0 Å². The summed E-state index contributed by atoms with van der Waals surface area (Å²) in [7, 11) is 0. The lowest BCUT2D eigenvalue weighted by molar-refractivity contribution is 1.46. The SMILES string of the molecule is Cc1c(Br)ccc2nc(N)sc12. The summed E-state index contributed by atoms with van der Waals surface area (Å²) in [6, 6.07) is 3.97. The maximum atomic E-state index is 5.60. The molecule has 0 radical (unpaired) electrons. The first-order valence-electron chi connectivity index (χ1n) is 3.49. The van der Waals surface area contributed by atoms with Crippen molar-refractivity contribution < 1.29 is 0 Å². The zero-order chi connectivity index (χ0) is 8.72. The lowest BCUT2D eigenvalue weighted by Gasteiger charge is -1.96. The number of fused-ring (bicyclic) bond motifs is 1. The van der Waals surface area contributed by atoms with Crippen LogP contribution in [0.25, 0.3) is 10.2 Å². The van der Waals surface area contributed by atoms with Crippen LogP contribution in [0.3, 0.4) is 0 Å². The molecule has 0 aliphatic heterocycles. The van der Waals surface area contributed by atoms with Crippen molar-refractivity contribution in [3.8, 4) is 0 Å². The Labute approximate surface area is 82.5 Å². The second-order valence-corrected chi connectivity index (χ2v) is 4.46. The second-order valence-electron chi connectivity index (χ2n) is 2.57. The highest BCUT2D eigenvalue weighted by molar-refractivity contribution is 9.10. The highest BCUT2D eigenvalue weighted by atomic mass is 79.9. The molecule has 2 nitrogen and oxygen atoms in total. The summed E-state index contributed by atoms with van der Waals surface area (Å²) in [5.41, 5.74) is 7.80. The number of hydrogen-bond donors (Lipinski definition) is 1. The number of rotatable bonds is 0. The van der Waals surface area contributed by atoms with Crippen molar-refractivity contribution >= 4 is 42.6 Å². The number of nitrogens with two attached hydrogens (primary N) is 1. The molecule has 1 aromatic carbocycles. The molecule has 12 heavy (non-hydrogen) atoms. The summed E-state index contributed by atoms with van der Waals surface area (Å²) in [4.78, 5) is 4.19. The van der Waals surface area contributed by atoms with Crippen molar-refractivity contribution in [3.05, 3.63) is 22.2 Å². The van der Waals surface area contributed by atoms with E-state index in [4.69, 9.17) is 5.73 Å². The van der Waals surface area contributed by atoms with Crippen LogP contribution in [0.1, 0.15) is 5.56 Å². The fourth-order valence-electron chi connectivity index (χ4n) is 1.12. The Bertz CT molecular complexity index is 436. The van der Waals surface area contributed by atoms with Crippen LogP contribution in [0.5, 0.6) is 0 Å². The number of halogens is 1. The molecule has 0 amide bonds. The van der Waals surface area contributed by atoms with E-state index in [2.05, 4.69) is 27.8 Å². The van der Waals surface area contributed by atoms with E-state index in [9.17, 15) is 0 Å². The van der Waals surface area contributed by atoms with Crippen molar-refractivity contribution in [1.29, 1.82) is 0 Å². The third-order valence-electron chi connectivity index (χ3n) is 1.76. The molecule has 1 aromatic heterocycles. The minimum atomic E-state index is 0.631. The third kappa shape index (κ3) is 1.11. The minimum Gasteiger partial charge on any atom is -0.375 e. The standard InChI is InChI=1S/C8H7BrN2S/c1-4-5(9)2-3-6-7(4)12-8(10)11-6/h2-3H,1H3,(H2,10,11). The molecule has 2 aromatic rings. The van der Waals surface area contributed by atoms with Gasteiger partial charge in [-0.3, -0.25) is 0 Å². The predicted octanol–water partition coefficient (Wildman–Crippen LogP) is 2.95. The van der Waals surface area contributed by atoms with Crippen LogP contribution >= 0.6 is 27.3 Å². The second kappa shape index (κ2) is 2.71. The number of hydrogen-bond acceptors (Lipinski definition) is 3. The number of thiazole rings is 1. The highest BCUT2D eigenvalue weighted by Crippen LogP contribution is 2.30. The van der Waals surface area contributed by atoms with Gasteiger partial charge < -0.3 is 5.73 Å². The Morgan fingerprint density at radius 3 is 3.00 bits per heavy atom. The zero-order valence-electron chi connectivity index (χ0n) is 6.47. The van der Waals surface area contributed by atoms with E-state index in [-0.39, 0.29) is 0 Å². The van der Waals surface area contributed by atoms with Gasteiger partial charge in [-0.25, -0.2) is 4.98 Å². The molecule has 0 spiro atoms. The Morgan fingerprint density at radius 1 is 1.50 bits per heavy atom. The maximum absolute atomic E-state index is 5.60. The molecule has 0 aliphatic carbocycles. The Balaban J connectivity index is 2.89. The van der Waals surface area contributed by atoms with Crippen molar-refractivity contribution in [2.75, 3.05) is 5.73 Å². The van der Waals surface area contributed by atoms with Crippen LogP contribution in [0, 0.1) is 6.92 Å². The summed E-state index contributed by atoms with van der Waals surface area (Å²) in [5, 5.41) is 0.631. The van der Waals surface area contributed by atoms with E-state index >= 15 is 0 Å². The summed E-state index contributed by atoms with van der Waals surface area (Å²) in [5.74, 6) is 0. The van der Waals surface area contributed by atoms with Gasteiger partial charge in [0.15, 0.2) is 5.13 Å². The summed E-state index contributed by atoms with van der Waals surface area (Å²) in [6.07, 6.45) is 0. The van der Waals surface area contributed by atoms with E-state index in [0.717, 1.165) is 9.99 Å². The van der Waals surface area contributed by atoms with Crippen LogP contribution in [0.2, 0.25) is 0 Å². The topological polar surface area (TPSA) is 38.9 Å². The lowest BCUT2D eigenvalue weighted by atomic mass is 10.2. The summed E-state index contributed by atoms with van der Waals surface area (Å²) in [6.45, 7) is 2.06. The van der Waals surface area contributed by atoms with E-state index < -0.39 is 0 Å². The molecule has 0 unspecified atom stereocenters. The molecular weight excluding hydrogens is 236 g/mol. The van der Waals surface area contributed by atoms with Crippen LogP contribution in [-0.4, -0.2) is 4.98 Å². The van der Waals surface area contributed by atoms with Gasteiger partial charge in [-0.05, 0) is 24.6 Å². The third-order valence-corrected chi connectivity index (χ3v) is 3.64.